The molecule has 30 heavy (non-hydrogen) atoms. The second kappa shape index (κ2) is 8.41. The predicted molar refractivity (Wildman–Crippen MR) is 114 cm³/mol. The van der Waals surface area contributed by atoms with Gasteiger partial charge in [0.1, 0.15) is 5.60 Å². The van der Waals surface area contributed by atoms with Gasteiger partial charge < -0.3 is 15.0 Å². The Morgan fingerprint density at radius 3 is 2.63 bits per heavy atom. The van der Waals surface area contributed by atoms with E-state index in [-0.39, 0.29) is 11.5 Å². The standard InChI is InChI=1S/C23H29N5O2/c29-20(28-13-9-24-10-14-28)17-27-11-7-23(8-12-27)21-19(6-15-30-23)16-25-22(26-21)18-4-2-1-3-5-18/h1-5,16,24H,6-15,17H2. The van der Waals surface area contributed by atoms with Crippen molar-refractivity contribution in [2.45, 2.75) is 24.9 Å². The Kier molecular flexibility index (Phi) is 5.50. The number of nitrogens with zero attached hydrogens (tertiary/aromatic N) is 4. The summed E-state index contributed by atoms with van der Waals surface area (Å²) < 4.78 is 6.37. The summed E-state index contributed by atoms with van der Waals surface area (Å²) in [5.74, 6) is 1.00. The van der Waals surface area contributed by atoms with Crippen molar-refractivity contribution in [1.29, 1.82) is 0 Å². The largest absolute Gasteiger partial charge is 0.368 e. The molecule has 1 amide bonds. The summed E-state index contributed by atoms with van der Waals surface area (Å²) in [7, 11) is 0. The molecule has 7 heteroatoms. The molecule has 4 heterocycles. The predicted octanol–water partition coefficient (Wildman–Crippen LogP) is 1.44. The first-order valence-corrected chi connectivity index (χ1v) is 11.0. The minimum atomic E-state index is -0.353. The Balaban J connectivity index is 1.30. The van der Waals surface area contributed by atoms with Gasteiger partial charge in [0.2, 0.25) is 5.91 Å². The molecule has 0 bridgehead atoms. The molecule has 7 nitrogen and oxygen atoms in total. The maximum atomic E-state index is 12.6. The molecule has 5 rings (SSSR count). The van der Waals surface area contributed by atoms with Crippen LogP contribution in [0.3, 0.4) is 0 Å². The van der Waals surface area contributed by atoms with Gasteiger partial charge in [-0.1, -0.05) is 30.3 Å². The highest BCUT2D eigenvalue weighted by atomic mass is 16.5. The van der Waals surface area contributed by atoms with E-state index in [1.165, 1.54) is 5.56 Å². The molecular weight excluding hydrogens is 378 g/mol. The van der Waals surface area contributed by atoms with Gasteiger partial charge in [0, 0.05) is 51.0 Å². The summed E-state index contributed by atoms with van der Waals surface area (Å²) in [5, 5.41) is 3.30. The average molecular weight is 408 g/mol. The van der Waals surface area contributed by atoms with Crippen LogP contribution >= 0.6 is 0 Å². The normalized spacial score (nSPS) is 21.4. The van der Waals surface area contributed by atoms with Gasteiger partial charge in [0.15, 0.2) is 5.82 Å². The first kappa shape index (κ1) is 19.6. The lowest BCUT2D eigenvalue weighted by Crippen LogP contribution is -2.52. The fourth-order valence-corrected chi connectivity index (χ4v) is 4.79. The maximum Gasteiger partial charge on any atom is 0.236 e. The van der Waals surface area contributed by atoms with Crippen molar-refractivity contribution in [2.75, 3.05) is 52.4 Å². The number of benzene rings is 1. The van der Waals surface area contributed by atoms with Crippen molar-refractivity contribution in [2.24, 2.45) is 0 Å². The number of likely N-dealkylation sites (tertiary alicyclic amines) is 1. The fourth-order valence-electron chi connectivity index (χ4n) is 4.79. The Labute approximate surface area is 177 Å². The van der Waals surface area contributed by atoms with Gasteiger partial charge in [-0.2, -0.15) is 0 Å². The number of ether oxygens (including phenoxy) is 1. The smallest absolute Gasteiger partial charge is 0.236 e. The van der Waals surface area contributed by atoms with Gasteiger partial charge in [-0.25, -0.2) is 9.97 Å². The number of aromatic nitrogens is 2. The van der Waals surface area contributed by atoms with E-state index in [0.29, 0.717) is 13.2 Å². The summed E-state index contributed by atoms with van der Waals surface area (Å²) >= 11 is 0. The fraction of sp³-hybridized carbons (Fsp3) is 0.522. The van der Waals surface area contributed by atoms with Crippen molar-refractivity contribution >= 4 is 5.91 Å². The quantitative estimate of drug-likeness (QED) is 0.830. The van der Waals surface area contributed by atoms with Crippen molar-refractivity contribution in [3.05, 3.63) is 47.8 Å². The van der Waals surface area contributed by atoms with Gasteiger partial charge in [0.05, 0.1) is 18.8 Å². The van der Waals surface area contributed by atoms with Crippen molar-refractivity contribution < 1.29 is 9.53 Å². The molecule has 2 saturated heterocycles. The molecule has 0 saturated carbocycles. The number of nitrogens with one attached hydrogen (secondary N) is 1. The third-order valence-electron chi connectivity index (χ3n) is 6.57. The number of hydrogen-bond donors (Lipinski definition) is 1. The molecule has 0 atom stereocenters. The summed E-state index contributed by atoms with van der Waals surface area (Å²) in [5.41, 5.74) is 2.93. The zero-order valence-electron chi connectivity index (χ0n) is 17.3. The highest BCUT2D eigenvalue weighted by Gasteiger charge is 2.43. The van der Waals surface area contributed by atoms with E-state index in [4.69, 9.17) is 9.72 Å². The van der Waals surface area contributed by atoms with Gasteiger partial charge in [-0.3, -0.25) is 9.69 Å². The van der Waals surface area contributed by atoms with Crippen LogP contribution < -0.4 is 5.32 Å². The van der Waals surface area contributed by atoms with Crippen LogP contribution in [-0.4, -0.2) is 78.1 Å². The topological polar surface area (TPSA) is 70.6 Å². The number of carbonyl (C=O) groups excluding carboxylic acids is 1. The van der Waals surface area contributed by atoms with Crippen LogP contribution in [0.2, 0.25) is 0 Å². The van der Waals surface area contributed by atoms with Gasteiger partial charge in [0.25, 0.3) is 0 Å². The maximum absolute atomic E-state index is 12.6. The van der Waals surface area contributed by atoms with Crippen LogP contribution in [0, 0.1) is 0 Å². The molecule has 2 aromatic rings. The van der Waals surface area contributed by atoms with Crippen LogP contribution in [0.4, 0.5) is 0 Å². The third-order valence-corrected chi connectivity index (χ3v) is 6.57. The number of piperidine rings is 1. The number of carbonyl (C=O) groups is 1. The van der Waals surface area contributed by atoms with Gasteiger partial charge in [-0.05, 0) is 24.8 Å². The minimum Gasteiger partial charge on any atom is -0.368 e. The first-order chi connectivity index (χ1) is 14.7. The number of fused-ring (bicyclic) bond motifs is 2. The summed E-state index contributed by atoms with van der Waals surface area (Å²) in [6.45, 7) is 6.32. The van der Waals surface area contributed by atoms with Crippen LogP contribution in [0.15, 0.2) is 36.5 Å². The Bertz CT molecular complexity index is 890. The van der Waals surface area contributed by atoms with Crippen LogP contribution in [0.5, 0.6) is 0 Å². The molecule has 1 spiro atoms. The zero-order valence-corrected chi connectivity index (χ0v) is 17.3. The van der Waals surface area contributed by atoms with Gasteiger partial charge >= 0.3 is 0 Å². The second-order valence-electron chi connectivity index (χ2n) is 8.43. The number of amides is 1. The number of piperazine rings is 1. The van der Waals surface area contributed by atoms with E-state index >= 15 is 0 Å². The minimum absolute atomic E-state index is 0.242. The van der Waals surface area contributed by atoms with Crippen LogP contribution in [-0.2, 0) is 21.6 Å². The molecule has 1 N–H and O–H groups in total. The van der Waals surface area contributed by atoms with Crippen LogP contribution in [0.1, 0.15) is 24.1 Å². The van der Waals surface area contributed by atoms with E-state index in [2.05, 4.69) is 15.2 Å². The van der Waals surface area contributed by atoms with E-state index < -0.39 is 0 Å². The first-order valence-electron chi connectivity index (χ1n) is 11.0. The lowest BCUT2D eigenvalue weighted by Gasteiger charge is -2.44. The van der Waals surface area contributed by atoms with E-state index in [9.17, 15) is 4.79 Å². The molecular formula is C23H29N5O2. The molecule has 0 aliphatic carbocycles. The second-order valence-corrected chi connectivity index (χ2v) is 8.43. The SMILES string of the molecule is O=C(CN1CCC2(CC1)OCCc1cnc(-c3ccccc3)nc12)N1CCNCC1. The van der Waals surface area contributed by atoms with E-state index in [1.54, 1.807) is 0 Å². The average Bonchev–Trinajstić information content (AvgIpc) is 2.82. The van der Waals surface area contributed by atoms with Crippen LogP contribution in [0.25, 0.3) is 11.4 Å². The molecule has 1 aromatic heterocycles. The monoisotopic (exact) mass is 407 g/mol. The molecule has 0 unspecified atom stereocenters. The summed E-state index contributed by atoms with van der Waals surface area (Å²) in [6, 6.07) is 10.1. The molecule has 0 radical (unpaired) electrons. The highest BCUT2D eigenvalue weighted by molar-refractivity contribution is 5.78. The van der Waals surface area contributed by atoms with Crippen molar-refractivity contribution in [1.82, 2.24) is 25.1 Å². The summed E-state index contributed by atoms with van der Waals surface area (Å²) in [6.07, 6.45) is 4.56. The lowest BCUT2D eigenvalue weighted by atomic mass is 9.83. The number of rotatable bonds is 3. The highest BCUT2D eigenvalue weighted by Crippen LogP contribution is 2.40. The number of hydrogen-bond acceptors (Lipinski definition) is 6. The molecule has 3 aliphatic rings. The lowest BCUT2D eigenvalue weighted by molar-refractivity contribution is -0.136. The van der Waals surface area contributed by atoms with E-state index in [1.807, 2.05) is 41.4 Å². The molecule has 3 aliphatic heterocycles. The molecule has 158 valence electrons. The Morgan fingerprint density at radius 1 is 1.10 bits per heavy atom. The van der Waals surface area contributed by atoms with Crippen molar-refractivity contribution in [3.8, 4) is 11.4 Å². The Morgan fingerprint density at radius 2 is 1.87 bits per heavy atom. The third kappa shape index (κ3) is 3.85. The molecule has 1 aromatic carbocycles. The summed E-state index contributed by atoms with van der Waals surface area (Å²) in [4.78, 5) is 26.5. The van der Waals surface area contributed by atoms with Crippen molar-refractivity contribution in [3.63, 3.8) is 0 Å². The Hall–Kier alpha value is -2.35. The van der Waals surface area contributed by atoms with E-state index in [0.717, 1.165) is 75.6 Å². The zero-order chi connectivity index (χ0) is 20.4. The van der Waals surface area contributed by atoms with Gasteiger partial charge in [-0.15, -0.1) is 0 Å². The molecule has 2 fully saturated rings.